The molecule has 0 amide bonds. The number of allylic oxidation sites excluding steroid dienone is 2. The second-order valence-electron chi connectivity index (χ2n) is 4.16. The maximum Gasteiger partial charge on any atom is 0.344 e. The second kappa shape index (κ2) is 4.63. The number of aromatic amines is 1. The summed E-state index contributed by atoms with van der Waals surface area (Å²) in [5, 5.41) is 13.1. The predicted octanol–water partition coefficient (Wildman–Crippen LogP) is -0.784. The van der Waals surface area contributed by atoms with E-state index in [-0.39, 0.29) is 18.6 Å². The Morgan fingerprint density at radius 2 is 2.00 bits per heavy atom. The van der Waals surface area contributed by atoms with Gasteiger partial charge in [0.15, 0.2) is 11.5 Å². The molecule has 1 heterocycles. The number of hydrogen-bond donors (Lipinski definition) is 2. The van der Waals surface area contributed by atoms with E-state index in [0.29, 0.717) is 6.42 Å². The molecule has 1 aliphatic carbocycles. The Bertz CT molecular complexity index is 710. The first-order chi connectivity index (χ1) is 8.91. The number of nitrogens with zero attached hydrogens (tertiary/aromatic N) is 2. The van der Waals surface area contributed by atoms with Crippen LogP contribution in [0.15, 0.2) is 20.9 Å². The lowest BCUT2D eigenvalue weighted by Gasteiger charge is -2.13. The number of nitrogens with one attached hydrogen (secondary N) is 1. The van der Waals surface area contributed by atoms with Crippen LogP contribution < -0.4 is 11.2 Å². The van der Waals surface area contributed by atoms with Gasteiger partial charge >= 0.3 is 5.69 Å². The van der Waals surface area contributed by atoms with Gasteiger partial charge in [-0.05, 0) is 6.42 Å². The van der Waals surface area contributed by atoms with Gasteiger partial charge in [0, 0.05) is 19.9 Å². The van der Waals surface area contributed by atoms with E-state index in [9.17, 15) is 24.3 Å². The molecule has 1 aromatic rings. The van der Waals surface area contributed by atoms with Gasteiger partial charge in [0.25, 0.3) is 5.56 Å². The van der Waals surface area contributed by atoms with Gasteiger partial charge in [-0.25, -0.2) is 9.48 Å². The summed E-state index contributed by atoms with van der Waals surface area (Å²) >= 11 is 0. The largest absolute Gasteiger partial charge is 0.511 e. The van der Waals surface area contributed by atoms with Gasteiger partial charge in [-0.3, -0.25) is 19.4 Å². The topological polar surface area (TPSA) is 122 Å². The minimum Gasteiger partial charge on any atom is -0.511 e. The maximum atomic E-state index is 12.1. The number of hydrogen-bond acceptors (Lipinski definition) is 6. The molecule has 2 N–H and O–H groups in total. The van der Waals surface area contributed by atoms with Crippen LogP contribution in [0.1, 0.15) is 29.8 Å². The predicted molar refractivity (Wildman–Crippen MR) is 62.9 cm³/mol. The molecule has 0 bridgehead atoms. The van der Waals surface area contributed by atoms with Crippen LogP contribution in [0.3, 0.4) is 0 Å². The van der Waals surface area contributed by atoms with Crippen LogP contribution >= 0.6 is 0 Å². The van der Waals surface area contributed by atoms with Crippen LogP contribution in [-0.2, 0) is 11.8 Å². The normalized spacial score (nSPS) is 15.7. The van der Waals surface area contributed by atoms with Crippen LogP contribution in [0.5, 0.6) is 0 Å². The summed E-state index contributed by atoms with van der Waals surface area (Å²) in [4.78, 5) is 48.3. The molecule has 1 aromatic heterocycles. The Kier molecular flexibility index (Phi) is 3.16. The van der Waals surface area contributed by atoms with Crippen LogP contribution in [-0.4, -0.2) is 31.4 Å². The standard InChI is InChI=1S/C11H11N3O5/c1-14-11(19)12-10(18)8(13-14)9(17)7-5(15)3-2-4-6(7)16/h15H,2-4H2,1H3,(H,12,18,19). The van der Waals surface area contributed by atoms with Gasteiger partial charge in [-0.15, -0.1) is 0 Å². The highest BCUT2D eigenvalue weighted by Crippen LogP contribution is 2.21. The zero-order valence-corrected chi connectivity index (χ0v) is 10.1. The zero-order chi connectivity index (χ0) is 14.2. The SMILES string of the molecule is Cn1nc(C(=O)C2=C(O)CCCC2=O)c(=O)[nH]c1=O. The Hall–Kier alpha value is -2.51. The highest BCUT2D eigenvalue weighted by Gasteiger charge is 2.30. The summed E-state index contributed by atoms with van der Waals surface area (Å²) in [6.07, 6.45) is 0.795. The monoisotopic (exact) mass is 265 g/mol. The quantitative estimate of drug-likeness (QED) is 0.534. The van der Waals surface area contributed by atoms with E-state index in [0.717, 1.165) is 4.68 Å². The van der Waals surface area contributed by atoms with E-state index in [1.54, 1.807) is 0 Å². The van der Waals surface area contributed by atoms with Crippen LogP contribution in [0.25, 0.3) is 0 Å². The van der Waals surface area contributed by atoms with Gasteiger partial charge in [-0.1, -0.05) is 0 Å². The number of Topliss-reactive ketones (excluding diaryl/α,β-unsaturated/α-hetero) is 2. The minimum atomic E-state index is -0.980. The van der Waals surface area contributed by atoms with E-state index in [1.807, 2.05) is 4.98 Å². The third kappa shape index (κ3) is 2.24. The molecule has 0 aliphatic heterocycles. The molecular weight excluding hydrogens is 254 g/mol. The fourth-order valence-corrected chi connectivity index (χ4v) is 1.83. The van der Waals surface area contributed by atoms with Crippen molar-refractivity contribution >= 4 is 11.6 Å². The summed E-state index contributed by atoms with van der Waals surface area (Å²) in [7, 11) is 1.26. The minimum absolute atomic E-state index is 0.134. The summed E-state index contributed by atoms with van der Waals surface area (Å²) in [6.45, 7) is 0. The van der Waals surface area contributed by atoms with Crippen molar-refractivity contribution in [2.75, 3.05) is 0 Å². The van der Waals surface area contributed by atoms with Crippen LogP contribution in [0.2, 0.25) is 0 Å². The van der Waals surface area contributed by atoms with E-state index < -0.39 is 34.1 Å². The maximum absolute atomic E-state index is 12.1. The molecule has 19 heavy (non-hydrogen) atoms. The fraction of sp³-hybridized carbons (Fsp3) is 0.364. The Labute approximate surface area is 106 Å². The fourth-order valence-electron chi connectivity index (χ4n) is 1.83. The summed E-state index contributed by atoms with van der Waals surface area (Å²) in [5.41, 5.74) is -2.75. The lowest BCUT2D eigenvalue weighted by atomic mass is 9.92. The van der Waals surface area contributed by atoms with Crippen molar-refractivity contribution in [2.45, 2.75) is 19.3 Å². The molecule has 0 saturated heterocycles. The number of ketones is 2. The smallest absolute Gasteiger partial charge is 0.344 e. The van der Waals surface area contributed by atoms with E-state index >= 15 is 0 Å². The van der Waals surface area contributed by atoms with Gasteiger partial charge in [0.05, 0.1) is 0 Å². The molecule has 0 saturated carbocycles. The number of aliphatic hydroxyl groups is 1. The molecule has 8 heteroatoms. The van der Waals surface area contributed by atoms with E-state index in [1.165, 1.54) is 7.05 Å². The van der Waals surface area contributed by atoms with Crippen molar-refractivity contribution < 1.29 is 14.7 Å². The first-order valence-corrected chi connectivity index (χ1v) is 5.59. The molecule has 0 aromatic carbocycles. The van der Waals surface area contributed by atoms with Gasteiger partial charge in [0.2, 0.25) is 5.78 Å². The molecule has 2 rings (SSSR count). The van der Waals surface area contributed by atoms with E-state index in [2.05, 4.69) is 5.10 Å². The average molecular weight is 265 g/mol. The Balaban J connectivity index is 2.57. The Morgan fingerprint density at radius 1 is 1.32 bits per heavy atom. The summed E-state index contributed by atoms with van der Waals surface area (Å²) in [6, 6.07) is 0. The third-order valence-corrected chi connectivity index (χ3v) is 2.81. The Morgan fingerprint density at radius 3 is 2.63 bits per heavy atom. The third-order valence-electron chi connectivity index (χ3n) is 2.81. The molecule has 0 radical (unpaired) electrons. The van der Waals surface area contributed by atoms with Gasteiger partial charge < -0.3 is 5.11 Å². The number of aliphatic hydroxyl groups excluding tert-OH is 1. The van der Waals surface area contributed by atoms with Crippen LogP contribution in [0, 0.1) is 0 Å². The number of aromatic nitrogens is 3. The van der Waals surface area contributed by atoms with Crippen molar-refractivity contribution in [3.8, 4) is 0 Å². The number of carbonyl (C=O) groups is 2. The van der Waals surface area contributed by atoms with Crippen LogP contribution in [0.4, 0.5) is 0 Å². The molecule has 1 aliphatic rings. The molecule has 8 nitrogen and oxygen atoms in total. The molecular formula is C11H11N3O5. The second-order valence-corrected chi connectivity index (χ2v) is 4.16. The summed E-state index contributed by atoms with van der Waals surface area (Å²) in [5.74, 6) is -1.82. The van der Waals surface area contributed by atoms with Gasteiger partial charge in [0.1, 0.15) is 11.3 Å². The van der Waals surface area contributed by atoms with Crippen molar-refractivity contribution in [1.82, 2.24) is 14.8 Å². The number of aryl methyl sites for hydroxylation is 1. The van der Waals surface area contributed by atoms with Crippen molar-refractivity contribution in [1.29, 1.82) is 0 Å². The van der Waals surface area contributed by atoms with E-state index in [4.69, 9.17) is 0 Å². The number of rotatable bonds is 2. The number of carbonyl (C=O) groups excluding carboxylic acids is 2. The number of H-pyrrole nitrogens is 1. The zero-order valence-electron chi connectivity index (χ0n) is 10.1. The lowest BCUT2D eigenvalue weighted by molar-refractivity contribution is -0.116. The first kappa shape index (κ1) is 12.9. The molecule has 0 atom stereocenters. The van der Waals surface area contributed by atoms with Crippen molar-refractivity contribution in [3.05, 3.63) is 37.9 Å². The summed E-state index contributed by atoms with van der Waals surface area (Å²) < 4.78 is 0.777. The first-order valence-electron chi connectivity index (χ1n) is 5.59. The van der Waals surface area contributed by atoms with Gasteiger partial charge in [-0.2, -0.15) is 5.10 Å². The van der Waals surface area contributed by atoms with Crippen molar-refractivity contribution in [3.63, 3.8) is 0 Å². The highest BCUT2D eigenvalue weighted by molar-refractivity contribution is 6.26. The molecule has 100 valence electrons. The van der Waals surface area contributed by atoms with Crippen molar-refractivity contribution in [2.24, 2.45) is 7.05 Å². The molecule has 0 fully saturated rings. The highest BCUT2D eigenvalue weighted by atomic mass is 16.3. The molecule has 0 unspecified atom stereocenters. The average Bonchev–Trinajstić information content (AvgIpc) is 2.33. The lowest BCUT2D eigenvalue weighted by Crippen LogP contribution is -2.36. The molecule has 0 spiro atoms.